The van der Waals surface area contributed by atoms with E-state index in [1.165, 1.54) is 19.1 Å². The molecule has 0 aliphatic heterocycles. The van der Waals surface area contributed by atoms with Crippen molar-refractivity contribution in [2.24, 2.45) is 5.92 Å². The second-order valence-electron chi connectivity index (χ2n) is 4.06. The number of carbonyl (C=O) groups is 2. The summed E-state index contributed by atoms with van der Waals surface area (Å²) in [6, 6.07) is 3.71. The summed E-state index contributed by atoms with van der Waals surface area (Å²) >= 11 is 0. The van der Waals surface area contributed by atoms with Gasteiger partial charge in [-0.25, -0.2) is 9.18 Å². The lowest BCUT2D eigenvalue weighted by Gasteiger charge is -2.10. The topological polar surface area (TPSA) is 78.4 Å². The minimum absolute atomic E-state index is 0.0192. The SMILES string of the molecule is Cc1ccc(F)c(NC(=O)NCC(C)C(=O)O)c1. The fourth-order valence-corrected chi connectivity index (χ4v) is 1.23. The van der Waals surface area contributed by atoms with Crippen LogP contribution in [0.2, 0.25) is 0 Å². The van der Waals surface area contributed by atoms with E-state index in [9.17, 15) is 14.0 Å². The fourth-order valence-electron chi connectivity index (χ4n) is 1.23. The summed E-state index contributed by atoms with van der Waals surface area (Å²) in [4.78, 5) is 22.0. The number of benzene rings is 1. The fraction of sp³-hybridized carbons (Fsp3) is 0.333. The molecule has 1 unspecified atom stereocenters. The summed E-state index contributed by atoms with van der Waals surface area (Å²) in [6.45, 7) is 3.22. The molecule has 1 aromatic rings. The third kappa shape index (κ3) is 4.04. The molecule has 1 rings (SSSR count). The van der Waals surface area contributed by atoms with Crippen molar-refractivity contribution in [1.29, 1.82) is 0 Å². The zero-order valence-corrected chi connectivity index (χ0v) is 10.2. The highest BCUT2D eigenvalue weighted by Crippen LogP contribution is 2.15. The van der Waals surface area contributed by atoms with E-state index in [4.69, 9.17) is 5.11 Å². The first-order chi connectivity index (χ1) is 8.40. The van der Waals surface area contributed by atoms with Gasteiger partial charge in [-0.2, -0.15) is 0 Å². The van der Waals surface area contributed by atoms with Gasteiger partial charge in [0.15, 0.2) is 0 Å². The second kappa shape index (κ2) is 6.00. The average molecular weight is 254 g/mol. The number of halogens is 1. The Kier molecular flexibility index (Phi) is 4.65. The van der Waals surface area contributed by atoms with Crippen molar-refractivity contribution in [3.8, 4) is 0 Å². The van der Waals surface area contributed by atoms with Gasteiger partial charge in [-0.1, -0.05) is 13.0 Å². The number of carboxylic acids is 1. The van der Waals surface area contributed by atoms with E-state index in [-0.39, 0.29) is 12.2 Å². The van der Waals surface area contributed by atoms with Crippen LogP contribution in [-0.2, 0) is 4.79 Å². The number of aryl methyl sites for hydroxylation is 1. The van der Waals surface area contributed by atoms with Crippen LogP contribution < -0.4 is 10.6 Å². The van der Waals surface area contributed by atoms with Crippen LogP contribution in [0.15, 0.2) is 18.2 Å². The van der Waals surface area contributed by atoms with Gasteiger partial charge in [-0.15, -0.1) is 0 Å². The molecule has 2 amide bonds. The van der Waals surface area contributed by atoms with Crippen molar-refractivity contribution in [1.82, 2.24) is 5.32 Å². The molecule has 0 aliphatic rings. The maximum absolute atomic E-state index is 13.3. The monoisotopic (exact) mass is 254 g/mol. The molecule has 0 bridgehead atoms. The number of hydrogen-bond acceptors (Lipinski definition) is 2. The molecule has 0 heterocycles. The van der Waals surface area contributed by atoms with Crippen molar-refractivity contribution in [3.63, 3.8) is 0 Å². The smallest absolute Gasteiger partial charge is 0.319 e. The Balaban J connectivity index is 2.54. The van der Waals surface area contributed by atoms with Crippen LogP contribution >= 0.6 is 0 Å². The Hall–Kier alpha value is -2.11. The van der Waals surface area contributed by atoms with E-state index >= 15 is 0 Å². The maximum Gasteiger partial charge on any atom is 0.319 e. The van der Waals surface area contributed by atoms with Crippen LogP contribution in [0.4, 0.5) is 14.9 Å². The second-order valence-corrected chi connectivity index (χ2v) is 4.06. The molecule has 0 aliphatic carbocycles. The number of carboxylic acid groups (broad SMARTS) is 1. The minimum Gasteiger partial charge on any atom is -0.481 e. The Morgan fingerprint density at radius 2 is 2.11 bits per heavy atom. The number of hydrogen-bond donors (Lipinski definition) is 3. The molecule has 0 saturated heterocycles. The normalized spacial score (nSPS) is 11.7. The molecule has 5 nitrogen and oxygen atoms in total. The van der Waals surface area contributed by atoms with Crippen molar-refractivity contribution in [2.75, 3.05) is 11.9 Å². The van der Waals surface area contributed by atoms with Crippen LogP contribution in [0.1, 0.15) is 12.5 Å². The molecule has 1 atom stereocenters. The number of amides is 2. The molecule has 6 heteroatoms. The zero-order chi connectivity index (χ0) is 13.7. The van der Waals surface area contributed by atoms with Crippen LogP contribution in [-0.4, -0.2) is 23.7 Å². The van der Waals surface area contributed by atoms with Crippen LogP contribution in [0.3, 0.4) is 0 Å². The summed E-state index contributed by atoms with van der Waals surface area (Å²) in [6.07, 6.45) is 0. The third-order valence-electron chi connectivity index (χ3n) is 2.36. The van der Waals surface area contributed by atoms with Gasteiger partial charge in [-0.05, 0) is 24.6 Å². The third-order valence-corrected chi connectivity index (χ3v) is 2.36. The number of anilines is 1. The van der Waals surface area contributed by atoms with Crippen molar-refractivity contribution >= 4 is 17.7 Å². The number of carbonyl (C=O) groups excluding carboxylic acids is 1. The Bertz CT molecular complexity index is 463. The Labute approximate surface area is 104 Å². The van der Waals surface area contributed by atoms with Gasteiger partial charge < -0.3 is 15.7 Å². The van der Waals surface area contributed by atoms with Crippen molar-refractivity contribution < 1.29 is 19.1 Å². The van der Waals surface area contributed by atoms with E-state index in [0.29, 0.717) is 0 Å². The molecule has 0 fully saturated rings. The predicted molar refractivity (Wildman–Crippen MR) is 65.0 cm³/mol. The molecule has 0 spiro atoms. The molecular formula is C12H15FN2O3. The molecule has 3 N–H and O–H groups in total. The predicted octanol–water partition coefficient (Wildman–Crippen LogP) is 1.98. The summed E-state index contributed by atoms with van der Waals surface area (Å²) in [5.74, 6) is -2.24. The Morgan fingerprint density at radius 1 is 1.44 bits per heavy atom. The molecule has 98 valence electrons. The van der Waals surface area contributed by atoms with Gasteiger partial charge in [0, 0.05) is 6.54 Å². The van der Waals surface area contributed by atoms with E-state index in [1.807, 2.05) is 0 Å². The lowest BCUT2D eigenvalue weighted by molar-refractivity contribution is -0.140. The van der Waals surface area contributed by atoms with Gasteiger partial charge in [0.05, 0.1) is 11.6 Å². The molecule has 0 radical (unpaired) electrons. The number of rotatable bonds is 4. The zero-order valence-electron chi connectivity index (χ0n) is 10.2. The summed E-state index contributed by atoms with van der Waals surface area (Å²) < 4.78 is 13.3. The quantitative estimate of drug-likeness (QED) is 0.768. The average Bonchev–Trinajstić information content (AvgIpc) is 2.30. The number of nitrogens with one attached hydrogen (secondary N) is 2. The standard InChI is InChI=1S/C12H15FN2O3/c1-7-3-4-9(13)10(5-7)15-12(18)14-6-8(2)11(16)17/h3-5,8H,6H2,1-2H3,(H,16,17)(H2,14,15,18). The lowest BCUT2D eigenvalue weighted by atomic mass is 10.2. The summed E-state index contributed by atoms with van der Waals surface area (Å²) in [7, 11) is 0. The lowest BCUT2D eigenvalue weighted by Crippen LogP contribution is -2.34. The van der Waals surface area contributed by atoms with Crippen LogP contribution in [0, 0.1) is 18.7 Å². The molecular weight excluding hydrogens is 239 g/mol. The minimum atomic E-state index is -1.00. The maximum atomic E-state index is 13.3. The first kappa shape index (κ1) is 14.0. The van der Waals surface area contributed by atoms with Crippen LogP contribution in [0.25, 0.3) is 0 Å². The van der Waals surface area contributed by atoms with Gasteiger partial charge >= 0.3 is 12.0 Å². The van der Waals surface area contributed by atoms with E-state index in [2.05, 4.69) is 10.6 Å². The first-order valence-corrected chi connectivity index (χ1v) is 5.44. The van der Waals surface area contributed by atoms with E-state index < -0.39 is 23.7 Å². The number of urea groups is 1. The van der Waals surface area contributed by atoms with E-state index in [0.717, 1.165) is 5.56 Å². The Morgan fingerprint density at radius 3 is 2.72 bits per heavy atom. The van der Waals surface area contributed by atoms with Gasteiger partial charge in [0.25, 0.3) is 0 Å². The molecule has 0 saturated carbocycles. The summed E-state index contributed by atoms with van der Waals surface area (Å²) in [5.41, 5.74) is 0.876. The highest BCUT2D eigenvalue weighted by atomic mass is 19.1. The molecule has 1 aromatic carbocycles. The molecule has 0 aromatic heterocycles. The summed E-state index contributed by atoms with van der Waals surface area (Å²) in [5, 5.41) is 13.3. The first-order valence-electron chi connectivity index (χ1n) is 5.44. The van der Waals surface area contributed by atoms with Crippen LogP contribution in [0.5, 0.6) is 0 Å². The van der Waals surface area contributed by atoms with Gasteiger partial charge in [-0.3, -0.25) is 4.79 Å². The highest BCUT2D eigenvalue weighted by Gasteiger charge is 2.13. The highest BCUT2D eigenvalue weighted by molar-refractivity contribution is 5.89. The van der Waals surface area contributed by atoms with Gasteiger partial charge in [0.1, 0.15) is 5.82 Å². The number of aliphatic carboxylic acids is 1. The van der Waals surface area contributed by atoms with Crippen molar-refractivity contribution in [2.45, 2.75) is 13.8 Å². The van der Waals surface area contributed by atoms with Gasteiger partial charge in [0.2, 0.25) is 0 Å². The van der Waals surface area contributed by atoms with E-state index in [1.54, 1.807) is 13.0 Å². The largest absolute Gasteiger partial charge is 0.481 e. The van der Waals surface area contributed by atoms with Crippen molar-refractivity contribution in [3.05, 3.63) is 29.6 Å². The molecule has 18 heavy (non-hydrogen) atoms.